The van der Waals surface area contributed by atoms with Gasteiger partial charge >= 0.3 is 6.01 Å². The van der Waals surface area contributed by atoms with Crippen molar-refractivity contribution in [1.29, 1.82) is 0 Å². The molecule has 3 fully saturated rings. The Hall–Kier alpha value is -3.71. The molecule has 3 aliphatic heterocycles. The van der Waals surface area contributed by atoms with Crippen LogP contribution in [0.2, 0.25) is 0 Å². The SMILES string of the molecule is CCc1c(F)ccc2cc(O)cc(-c3ncc4c(NC5C[C@@H](C)S(=O)(=O)[C@@H](C)C5)nc(OC[C@@]56CCCN5C[C@H](F)C6)nc4c3F)c12. The van der Waals surface area contributed by atoms with E-state index in [2.05, 4.69) is 25.2 Å². The van der Waals surface area contributed by atoms with Crippen molar-refractivity contribution in [2.24, 2.45) is 0 Å². The van der Waals surface area contributed by atoms with E-state index in [9.17, 15) is 22.3 Å². The molecule has 2 aromatic carbocycles. The van der Waals surface area contributed by atoms with Gasteiger partial charge in [0, 0.05) is 30.8 Å². The number of aromatic nitrogens is 3. The molecule has 3 saturated heterocycles. The number of phenols is 1. The summed E-state index contributed by atoms with van der Waals surface area (Å²) in [6.07, 6.45) is 3.48. The predicted octanol–water partition coefficient (Wildman–Crippen LogP) is 6.11. The fourth-order valence-electron chi connectivity index (χ4n) is 7.95. The molecule has 0 saturated carbocycles. The van der Waals surface area contributed by atoms with Gasteiger partial charge in [0.15, 0.2) is 15.7 Å². The lowest BCUT2D eigenvalue weighted by atomic mass is 9.94. The standard InChI is InChI=1S/C34H38F3N5O4S/c1-4-24-27(36)7-6-20-12-23(43)13-25(28(20)24)30-29(37)31-26(15-38-30)32(39-22-10-18(2)47(44,45)19(3)11-22)41-33(40-31)46-17-34-8-5-9-42(34)16-21(35)14-34/h6-7,12-13,15,18-19,21-22,43H,4-5,8-11,14,16-17H2,1-3H3,(H,39,40,41)/t18-,19+,21-,22?,34+/m1/s1. The zero-order valence-corrected chi connectivity index (χ0v) is 27.4. The molecule has 2 aromatic heterocycles. The maximum atomic E-state index is 16.8. The van der Waals surface area contributed by atoms with Crippen molar-refractivity contribution < 1.29 is 31.4 Å². The molecular formula is C34H38F3N5O4S. The van der Waals surface area contributed by atoms with Crippen LogP contribution in [-0.2, 0) is 16.3 Å². The minimum Gasteiger partial charge on any atom is -0.508 e. The number of sulfone groups is 1. The first kappa shape index (κ1) is 31.9. The van der Waals surface area contributed by atoms with Gasteiger partial charge in [0.05, 0.1) is 21.4 Å². The zero-order valence-electron chi connectivity index (χ0n) is 26.6. The number of phenolic OH excluding ortho intramolecular Hbond substituents is 1. The van der Waals surface area contributed by atoms with Crippen LogP contribution in [0.3, 0.4) is 0 Å². The largest absolute Gasteiger partial charge is 0.508 e. The van der Waals surface area contributed by atoms with Gasteiger partial charge < -0.3 is 15.2 Å². The van der Waals surface area contributed by atoms with E-state index in [-0.39, 0.29) is 52.4 Å². The maximum absolute atomic E-state index is 16.8. The van der Waals surface area contributed by atoms with Gasteiger partial charge in [-0.3, -0.25) is 9.88 Å². The summed E-state index contributed by atoms with van der Waals surface area (Å²) in [6, 6.07) is 5.32. The topological polar surface area (TPSA) is 118 Å². The number of benzene rings is 2. The molecule has 0 radical (unpaired) electrons. The third-order valence-corrected chi connectivity index (χ3v) is 13.0. The number of nitrogens with one attached hydrogen (secondary N) is 1. The Balaban J connectivity index is 1.35. The first-order valence-electron chi connectivity index (χ1n) is 16.2. The molecule has 0 spiro atoms. The second kappa shape index (κ2) is 11.8. The Morgan fingerprint density at radius 1 is 1.15 bits per heavy atom. The number of aryl methyl sites for hydroxylation is 1. The molecule has 7 rings (SSSR count). The summed E-state index contributed by atoms with van der Waals surface area (Å²) in [5.41, 5.74) is -0.138. The summed E-state index contributed by atoms with van der Waals surface area (Å²) in [7, 11) is -3.27. The van der Waals surface area contributed by atoms with Crippen molar-refractivity contribution in [2.45, 2.75) is 87.5 Å². The number of anilines is 1. The molecule has 5 atom stereocenters. The number of halogens is 3. The zero-order chi connectivity index (χ0) is 33.2. The van der Waals surface area contributed by atoms with Gasteiger partial charge in [-0.25, -0.2) is 21.6 Å². The Bertz CT molecular complexity index is 1980. The highest BCUT2D eigenvalue weighted by atomic mass is 32.2. The Morgan fingerprint density at radius 3 is 2.66 bits per heavy atom. The van der Waals surface area contributed by atoms with E-state index < -0.39 is 43.7 Å². The number of hydrogen-bond donors (Lipinski definition) is 2. The molecule has 2 N–H and O–H groups in total. The third kappa shape index (κ3) is 5.44. The van der Waals surface area contributed by atoms with Crippen LogP contribution in [0.25, 0.3) is 32.9 Å². The Kier molecular flexibility index (Phi) is 7.98. The van der Waals surface area contributed by atoms with Crippen molar-refractivity contribution in [3.63, 3.8) is 0 Å². The van der Waals surface area contributed by atoms with E-state index in [1.165, 1.54) is 30.5 Å². The van der Waals surface area contributed by atoms with Gasteiger partial charge in [-0.2, -0.15) is 9.97 Å². The number of nitrogens with zero attached hydrogens (tertiary/aromatic N) is 4. The lowest BCUT2D eigenvalue weighted by Gasteiger charge is -2.33. The number of rotatable bonds is 7. The molecule has 250 valence electrons. The van der Waals surface area contributed by atoms with Gasteiger partial charge in [0.2, 0.25) is 0 Å². The molecule has 0 amide bonds. The van der Waals surface area contributed by atoms with Gasteiger partial charge in [-0.05, 0) is 87.0 Å². The van der Waals surface area contributed by atoms with Crippen LogP contribution in [0.4, 0.5) is 19.0 Å². The molecule has 0 bridgehead atoms. The molecule has 0 aliphatic carbocycles. The molecule has 47 heavy (non-hydrogen) atoms. The van der Waals surface area contributed by atoms with E-state index in [1.807, 2.05) is 0 Å². The Labute approximate surface area is 271 Å². The lowest BCUT2D eigenvalue weighted by molar-refractivity contribution is 0.107. The summed E-state index contributed by atoms with van der Waals surface area (Å²) in [6.45, 7) is 6.41. The van der Waals surface area contributed by atoms with E-state index in [1.54, 1.807) is 20.8 Å². The van der Waals surface area contributed by atoms with Crippen LogP contribution in [0.5, 0.6) is 11.8 Å². The summed E-state index contributed by atoms with van der Waals surface area (Å²) < 4.78 is 77.7. The highest BCUT2D eigenvalue weighted by molar-refractivity contribution is 7.92. The van der Waals surface area contributed by atoms with Crippen molar-refractivity contribution >= 4 is 37.3 Å². The van der Waals surface area contributed by atoms with Crippen molar-refractivity contribution in [2.75, 3.05) is 25.0 Å². The third-order valence-electron chi connectivity index (χ3n) is 10.4. The van der Waals surface area contributed by atoms with Crippen LogP contribution in [0.15, 0.2) is 30.5 Å². The highest BCUT2D eigenvalue weighted by Gasteiger charge is 2.49. The van der Waals surface area contributed by atoms with Crippen LogP contribution in [0, 0.1) is 11.6 Å². The normalized spacial score (nSPS) is 27.4. The molecule has 5 heterocycles. The molecular weight excluding hydrogens is 631 g/mol. The van der Waals surface area contributed by atoms with Gasteiger partial charge in [0.25, 0.3) is 0 Å². The molecule has 13 heteroatoms. The number of alkyl halides is 1. The van der Waals surface area contributed by atoms with Crippen molar-refractivity contribution in [1.82, 2.24) is 19.9 Å². The first-order valence-corrected chi connectivity index (χ1v) is 17.8. The second-order valence-corrected chi connectivity index (χ2v) is 16.2. The quantitative estimate of drug-likeness (QED) is 0.240. The van der Waals surface area contributed by atoms with E-state index >= 15 is 4.39 Å². The molecule has 9 nitrogen and oxygen atoms in total. The molecule has 3 aliphatic rings. The summed E-state index contributed by atoms with van der Waals surface area (Å²) in [5, 5.41) is 14.0. The van der Waals surface area contributed by atoms with E-state index in [0.717, 1.165) is 19.4 Å². The monoisotopic (exact) mass is 669 g/mol. The summed E-state index contributed by atoms with van der Waals surface area (Å²) >= 11 is 0. The number of hydrogen-bond acceptors (Lipinski definition) is 9. The summed E-state index contributed by atoms with van der Waals surface area (Å²) in [5.74, 6) is -1.15. The first-order chi connectivity index (χ1) is 22.4. The number of fused-ring (bicyclic) bond motifs is 3. The molecule has 1 unspecified atom stereocenters. The van der Waals surface area contributed by atoms with Gasteiger partial charge in [0.1, 0.15) is 41.4 Å². The van der Waals surface area contributed by atoms with Crippen LogP contribution < -0.4 is 10.1 Å². The van der Waals surface area contributed by atoms with E-state index in [4.69, 9.17) is 4.74 Å². The van der Waals surface area contributed by atoms with Crippen molar-refractivity contribution in [3.05, 3.63) is 47.7 Å². The average molecular weight is 670 g/mol. The average Bonchev–Trinajstić information content (AvgIpc) is 3.55. The number of ether oxygens (including phenoxy) is 1. The summed E-state index contributed by atoms with van der Waals surface area (Å²) in [4.78, 5) is 15.7. The predicted molar refractivity (Wildman–Crippen MR) is 174 cm³/mol. The van der Waals surface area contributed by atoms with Crippen molar-refractivity contribution in [3.8, 4) is 23.0 Å². The Morgan fingerprint density at radius 2 is 1.91 bits per heavy atom. The minimum absolute atomic E-state index is 0.103. The smallest absolute Gasteiger partial charge is 0.319 e. The van der Waals surface area contributed by atoms with Crippen LogP contribution in [0.1, 0.15) is 58.4 Å². The molecule has 4 aromatic rings. The number of pyridine rings is 1. The lowest BCUT2D eigenvalue weighted by Crippen LogP contribution is -2.43. The van der Waals surface area contributed by atoms with Crippen LogP contribution in [-0.4, -0.2) is 81.3 Å². The van der Waals surface area contributed by atoms with Crippen LogP contribution >= 0.6 is 0 Å². The number of aromatic hydroxyl groups is 1. The maximum Gasteiger partial charge on any atom is 0.319 e. The van der Waals surface area contributed by atoms with Gasteiger partial charge in [-0.15, -0.1) is 0 Å². The minimum atomic E-state index is -3.27. The van der Waals surface area contributed by atoms with Gasteiger partial charge in [-0.1, -0.05) is 13.0 Å². The fourth-order valence-corrected chi connectivity index (χ4v) is 9.75. The fraction of sp³-hybridized carbons (Fsp3) is 0.500. The second-order valence-electron chi connectivity index (χ2n) is 13.4. The highest BCUT2D eigenvalue weighted by Crippen LogP contribution is 2.42. The van der Waals surface area contributed by atoms with E-state index in [0.29, 0.717) is 48.6 Å².